The molecule has 0 aliphatic carbocycles. The van der Waals surface area contributed by atoms with Crippen LogP contribution >= 0.6 is 0 Å². The van der Waals surface area contributed by atoms with Crippen LogP contribution in [0.4, 0.5) is 0 Å². The molecule has 0 amide bonds. The molecule has 1 aromatic carbocycles. The highest BCUT2D eigenvalue weighted by Crippen LogP contribution is 2.17. The van der Waals surface area contributed by atoms with Crippen LogP contribution in [0.1, 0.15) is 6.42 Å². The number of ether oxygens (including phenoxy) is 2. The lowest BCUT2D eigenvalue weighted by Gasteiger charge is -2.08. The summed E-state index contributed by atoms with van der Waals surface area (Å²) in [6.07, 6.45) is 4.76. The zero-order valence-electron chi connectivity index (χ0n) is 9.45. The Bertz CT molecular complexity index is 475. The minimum atomic E-state index is 0.170. The van der Waals surface area contributed by atoms with Gasteiger partial charge in [-0.05, 0) is 12.1 Å². The largest absolute Gasteiger partial charge is 0.485 e. The van der Waals surface area contributed by atoms with Crippen molar-refractivity contribution in [1.29, 1.82) is 0 Å². The van der Waals surface area contributed by atoms with Gasteiger partial charge in [0.05, 0.1) is 31.3 Å². The average Bonchev–Trinajstić information content (AvgIpc) is 3.02. The number of benzene rings is 1. The summed E-state index contributed by atoms with van der Waals surface area (Å²) in [6, 6.07) is 9.98. The number of para-hydroxylation sites is 1. The Balaban J connectivity index is 1.74. The lowest BCUT2D eigenvalue weighted by atomic mass is 10.3. The summed E-state index contributed by atoms with van der Waals surface area (Å²) < 4.78 is 12.8. The average molecular weight is 230 g/mol. The van der Waals surface area contributed by atoms with E-state index >= 15 is 0 Å². The topological polar surface area (TPSA) is 36.3 Å². The highest BCUT2D eigenvalue weighted by molar-refractivity contribution is 5.32. The van der Waals surface area contributed by atoms with E-state index in [1.54, 1.807) is 6.20 Å². The van der Waals surface area contributed by atoms with Crippen molar-refractivity contribution in [3.05, 3.63) is 42.7 Å². The van der Waals surface area contributed by atoms with E-state index in [4.69, 9.17) is 9.47 Å². The van der Waals surface area contributed by atoms with Crippen molar-refractivity contribution >= 4 is 0 Å². The first-order valence-corrected chi connectivity index (χ1v) is 5.76. The molecule has 1 saturated heterocycles. The smallest absolute Gasteiger partial charge is 0.158 e. The fraction of sp³-hybridized carbons (Fsp3) is 0.308. The predicted octanol–water partition coefficient (Wildman–Crippen LogP) is 2.04. The lowest BCUT2D eigenvalue weighted by Crippen LogP contribution is -2.15. The van der Waals surface area contributed by atoms with Crippen LogP contribution in [-0.2, 0) is 4.74 Å². The van der Waals surface area contributed by atoms with E-state index in [1.165, 1.54) is 0 Å². The number of hydrogen-bond donors (Lipinski definition) is 0. The maximum atomic E-state index is 5.77. The van der Waals surface area contributed by atoms with Crippen molar-refractivity contribution in [3.63, 3.8) is 0 Å². The van der Waals surface area contributed by atoms with Crippen molar-refractivity contribution in [3.8, 4) is 11.4 Å². The second kappa shape index (κ2) is 4.59. The summed E-state index contributed by atoms with van der Waals surface area (Å²) in [5, 5.41) is 4.28. The van der Waals surface area contributed by atoms with E-state index in [0.29, 0.717) is 6.61 Å². The molecule has 0 saturated carbocycles. The van der Waals surface area contributed by atoms with Crippen LogP contribution in [0.25, 0.3) is 5.69 Å². The van der Waals surface area contributed by atoms with E-state index in [2.05, 4.69) is 5.10 Å². The van der Waals surface area contributed by atoms with Gasteiger partial charge in [0.25, 0.3) is 0 Å². The normalized spacial score (nSPS) is 19.4. The minimum Gasteiger partial charge on any atom is -0.485 e. The summed E-state index contributed by atoms with van der Waals surface area (Å²) in [6.45, 7) is 1.47. The molecule has 1 fully saturated rings. The van der Waals surface area contributed by atoms with Crippen molar-refractivity contribution in [2.45, 2.75) is 12.5 Å². The molecule has 17 heavy (non-hydrogen) atoms. The van der Waals surface area contributed by atoms with Crippen LogP contribution in [0.5, 0.6) is 5.75 Å². The van der Waals surface area contributed by atoms with Crippen molar-refractivity contribution in [2.24, 2.45) is 0 Å². The SMILES string of the molecule is c1ccc(-n2cc(OC3CCOC3)cn2)cc1. The third-order valence-corrected chi connectivity index (χ3v) is 2.77. The molecule has 1 aliphatic heterocycles. The molecule has 2 heterocycles. The summed E-state index contributed by atoms with van der Waals surface area (Å²) >= 11 is 0. The quantitative estimate of drug-likeness (QED) is 0.809. The van der Waals surface area contributed by atoms with Crippen LogP contribution in [0.3, 0.4) is 0 Å². The third kappa shape index (κ3) is 2.31. The third-order valence-electron chi connectivity index (χ3n) is 2.77. The second-order valence-electron chi connectivity index (χ2n) is 4.06. The first-order chi connectivity index (χ1) is 8.42. The Morgan fingerprint density at radius 3 is 2.94 bits per heavy atom. The highest BCUT2D eigenvalue weighted by atomic mass is 16.5. The molecular formula is C13H14N2O2. The Morgan fingerprint density at radius 1 is 1.29 bits per heavy atom. The van der Waals surface area contributed by atoms with E-state index in [-0.39, 0.29) is 6.10 Å². The molecule has 88 valence electrons. The van der Waals surface area contributed by atoms with Crippen LogP contribution in [-0.4, -0.2) is 29.1 Å². The number of nitrogens with zero attached hydrogens (tertiary/aromatic N) is 2. The van der Waals surface area contributed by atoms with Crippen LogP contribution in [0.15, 0.2) is 42.7 Å². The van der Waals surface area contributed by atoms with Crippen molar-refractivity contribution < 1.29 is 9.47 Å². The number of aromatic nitrogens is 2. The Hall–Kier alpha value is -1.81. The summed E-state index contributed by atoms with van der Waals surface area (Å²) in [7, 11) is 0. The fourth-order valence-corrected chi connectivity index (χ4v) is 1.89. The zero-order chi connectivity index (χ0) is 11.5. The highest BCUT2D eigenvalue weighted by Gasteiger charge is 2.17. The summed E-state index contributed by atoms with van der Waals surface area (Å²) in [4.78, 5) is 0. The van der Waals surface area contributed by atoms with Gasteiger partial charge in [0.2, 0.25) is 0 Å². The second-order valence-corrected chi connectivity index (χ2v) is 4.06. The molecule has 4 nitrogen and oxygen atoms in total. The molecule has 2 aromatic rings. The molecule has 3 rings (SSSR count). The number of hydrogen-bond acceptors (Lipinski definition) is 3. The minimum absolute atomic E-state index is 0.170. The van der Waals surface area contributed by atoms with E-state index in [0.717, 1.165) is 24.5 Å². The molecule has 0 spiro atoms. The van der Waals surface area contributed by atoms with Gasteiger partial charge >= 0.3 is 0 Å². The molecular weight excluding hydrogens is 216 g/mol. The molecule has 1 aliphatic rings. The maximum Gasteiger partial charge on any atom is 0.158 e. The van der Waals surface area contributed by atoms with Gasteiger partial charge in [-0.25, -0.2) is 4.68 Å². The number of rotatable bonds is 3. The standard InChI is InChI=1S/C13H14N2O2/c1-2-4-11(5-3-1)15-9-13(8-14-15)17-12-6-7-16-10-12/h1-5,8-9,12H,6-7,10H2. The van der Waals surface area contributed by atoms with Gasteiger partial charge in [0.1, 0.15) is 6.10 Å². The van der Waals surface area contributed by atoms with Gasteiger partial charge in [0.15, 0.2) is 5.75 Å². The van der Waals surface area contributed by atoms with Crippen LogP contribution in [0, 0.1) is 0 Å². The Labute approximate surface area is 99.8 Å². The van der Waals surface area contributed by atoms with Crippen LogP contribution < -0.4 is 4.74 Å². The zero-order valence-corrected chi connectivity index (χ0v) is 9.45. The Kier molecular flexibility index (Phi) is 2.80. The molecule has 1 aromatic heterocycles. The van der Waals surface area contributed by atoms with Crippen molar-refractivity contribution in [2.75, 3.05) is 13.2 Å². The van der Waals surface area contributed by atoms with Gasteiger partial charge in [-0.15, -0.1) is 0 Å². The van der Waals surface area contributed by atoms with Gasteiger partial charge in [-0.3, -0.25) is 0 Å². The van der Waals surface area contributed by atoms with Crippen molar-refractivity contribution in [1.82, 2.24) is 9.78 Å². The monoisotopic (exact) mass is 230 g/mol. The first kappa shape index (κ1) is 10.4. The van der Waals surface area contributed by atoms with Crippen LogP contribution in [0.2, 0.25) is 0 Å². The van der Waals surface area contributed by atoms with E-state index in [9.17, 15) is 0 Å². The van der Waals surface area contributed by atoms with Gasteiger partial charge in [-0.1, -0.05) is 18.2 Å². The lowest BCUT2D eigenvalue weighted by molar-refractivity contribution is 0.141. The van der Waals surface area contributed by atoms with Gasteiger partial charge in [0, 0.05) is 6.42 Å². The predicted molar refractivity (Wildman–Crippen MR) is 63.4 cm³/mol. The molecule has 0 bridgehead atoms. The first-order valence-electron chi connectivity index (χ1n) is 5.76. The molecule has 1 unspecified atom stereocenters. The van der Waals surface area contributed by atoms with Gasteiger partial charge in [-0.2, -0.15) is 5.10 Å². The molecule has 0 radical (unpaired) electrons. The molecule has 4 heteroatoms. The Morgan fingerprint density at radius 2 is 2.18 bits per heavy atom. The summed E-state index contributed by atoms with van der Waals surface area (Å²) in [5.74, 6) is 0.796. The van der Waals surface area contributed by atoms with E-state index < -0.39 is 0 Å². The molecule has 0 N–H and O–H groups in total. The summed E-state index contributed by atoms with van der Waals surface area (Å²) in [5.41, 5.74) is 1.03. The van der Waals surface area contributed by atoms with Gasteiger partial charge < -0.3 is 9.47 Å². The maximum absolute atomic E-state index is 5.77. The molecule has 1 atom stereocenters. The van der Waals surface area contributed by atoms with E-state index in [1.807, 2.05) is 41.2 Å². The fourth-order valence-electron chi connectivity index (χ4n) is 1.89.